The van der Waals surface area contributed by atoms with Gasteiger partial charge in [0.05, 0.1) is 25.4 Å². The summed E-state index contributed by atoms with van der Waals surface area (Å²) in [5.41, 5.74) is 0. The molecule has 0 aromatic carbocycles. The summed E-state index contributed by atoms with van der Waals surface area (Å²) in [5.74, 6) is -0.725. The minimum absolute atomic E-state index is 0.233. The van der Waals surface area contributed by atoms with Gasteiger partial charge in [0.2, 0.25) is 5.91 Å². The van der Waals surface area contributed by atoms with Crippen LogP contribution in [0.2, 0.25) is 0 Å². The van der Waals surface area contributed by atoms with Crippen molar-refractivity contribution in [1.82, 2.24) is 5.32 Å². The molecule has 1 saturated heterocycles. The Kier molecular flexibility index (Phi) is 24.1. The molecular weight excluding hydrogens is 646 g/mol. The highest BCUT2D eigenvalue weighted by Crippen LogP contribution is 2.26. The lowest BCUT2D eigenvalue weighted by molar-refractivity contribution is -0.298. The van der Waals surface area contributed by atoms with Crippen molar-refractivity contribution in [3.63, 3.8) is 0 Å². The SMILES string of the molecule is CC/C=C/CC/C=C/CC/C=C/C(O)C(COC1OC(CO)C(O)C(OS(=O)(=O)O)C1O)NC(=O)C(O)CCCCCCCCCCC. The minimum atomic E-state index is -5.11. The largest absolute Gasteiger partial charge is 0.397 e. The highest BCUT2D eigenvalue weighted by molar-refractivity contribution is 7.80. The van der Waals surface area contributed by atoms with E-state index < -0.39 is 78.5 Å². The Bertz CT molecular complexity index is 1040. The normalized spacial score (nSPS) is 24.0. The third kappa shape index (κ3) is 19.5. The number of ether oxygens (including phenoxy) is 2. The Hall–Kier alpha value is -1.72. The number of allylic oxidation sites excluding steroid dienone is 5. The maximum absolute atomic E-state index is 12.9. The summed E-state index contributed by atoms with van der Waals surface area (Å²) in [6.07, 6.45) is 14.3. The molecule has 1 rings (SSSR count). The van der Waals surface area contributed by atoms with Crippen molar-refractivity contribution in [2.24, 2.45) is 0 Å². The zero-order valence-corrected chi connectivity index (χ0v) is 29.5. The van der Waals surface area contributed by atoms with E-state index in [4.69, 9.17) is 14.0 Å². The van der Waals surface area contributed by atoms with Gasteiger partial charge in [-0.15, -0.1) is 0 Å². The third-order valence-electron chi connectivity index (χ3n) is 8.02. The van der Waals surface area contributed by atoms with Crippen LogP contribution in [0.5, 0.6) is 0 Å². The summed E-state index contributed by atoms with van der Waals surface area (Å²) in [5, 5.41) is 54.5. The van der Waals surface area contributed by atoms with Gasteiger partial charge in [0.1, 0.15) is 30.5 Å². The zero-order chi connectivity index (χ0) is 35.8. The van der Waals surface area contributed by atoms with E-state index in [1.165, 1.54) is 38.2 Å². The van der Waals surface area contributed by atoms with Crippen molar-refractivity contribution in [2.45, 2.75) is 159 Å². The first-order valence-corrected chi connectivity index (χ1v) is 18.8. The summed E-state index contributed by atoms with van der Waals surface area (Å²) in [6.45, 7) is 2.97. The van der Waals surface area contributed by atoms with Gasteiger partial charge in [0, 0.05) is 0 Å². The van der Waals surface area contributed by atoms with Gasteiger partial charge in [-0.25, -0.2) is 4.18 Å². The molecule has 8 unspecified atom stereocenters. The molecule has 7 N–H and O–H groups in total. The highest BCUT2D eigenvalue weighted by atomic mass is 32.3. The number of carbonyl (C=O) groups excluding carboxylic acids is 1. The predicted molar refractivity (Wildman–Crippen MR) is 182 cm³/mol. The number of nitrogens with one attached hydrogen (secondary N) is 1. The molecule has 13 nitrogen and oxygen atoms in total. The molecule has 48 heavy (non-hydrogen) atoms. The van der Waals surface area contributed by atoms with E-state index in [-0.39, 0.29) is 6.42 Å². The summed E-state index contributed by atoms with van der Waals surface area (Å²) < 4.78 is 47.0. The van der Waals surface area contributed by atoms with Crippen LogP contribution in [-0.4, -0.2) is 107 Å². The summed E-state index contributed by atoms with van der Waals surface area (Å²) in [6, 6.07) is -1.14. The fourth-order valence-electron chi connectivity index (χ4n) is 5.20. The van der Waals surface area contributed by atoms with E-state index >= 15 is 0 Å². The number of aliphatic hydroxyl groups is 5. The summed E-state index contributed by atoms with van der Waals surface area (Å²) in [4.78, 5) is 12.9. The number of carbonyl (C=O) groups is 1. The van der Waals surface area contributed by atoms with Crippen molar-refractivity contribution in [3.8, 4) is 0 Å². The van der Waals surface area contributed by atoms with Crippen molar-refractivity contribution < 1.29 is 57.0 Å². The van der Waals surface area contributed by atoms with Crippen LogP contribution in [0, 0.1) is 0 Å². The van der Waals surface area contributed by atoms with E-state index in [0.717, 1.165) is 44.9 Å². The molecule has 0 saturated carbocycles. The van der Waals surface area contributed by atoms with Crippen LogP contribution in [0.4, 0.5) is 0 Å². The molecular formula is C34H61NO12S. The van der Waals surface area contributed by atoms with Gasteiger partial charge in [-0.1, -0.05) is 108 Å². The van der Waals surface area contributed by atoms with Crippen molar-refractivity contribution in [2.75, 3.05) is 13.2 Å². The van der Waals surface area contributed by atoms with Crippen LogP contribution in [-0.2, 0) is 28.9 Å². The lowest BCUT2D eigenvalue weighted by Gasteiger charge is -2.41. The molecule has 0 spiro atoms. The maximum Gasteiger partial charge on any atom is 0.397 e. The molecule has 0 aromatic heterocycles. The topological polar surface area (TPSA) is 212 Å². The first-order chi connectivity index (χ1) is 22.9. The van der Waals surface area contributed by atoms with Crippen LogP contribution in [0.3, 0.4) is 0 Å². The van der Waals surface area contributed by atoms with E-state index in [1.807, 2.05) is 6.08 Å². The second-order valence-electron chi connectivity index (χ2n) is 12.2. The van der Waals surface area contributed by atoms with Crippen LogP contribution in [0.1, 0.15) is 110 Å². The van der Waals surface area contributed by atoms with Crippen molar-refractivity contribution in [3.05, 3.63) is 36.5 Å². The number of unbranched alkanes of at least 4 members (excludes halogenated alkanes) is 10. The highest BCUT2D eigenvalue weighted by Gasteiger charge is 2.48. The van der Waals surface area contributed by atoms with E-state index in [1.54, 1.807) is 6.08 Å². The van der Waals surface area contributed by atoms with Gasteiger partial charge >= 0.3 is 10.4 Å². The van der Waals surface area contributed by atoms with Gasteiger partial charge in [0.25, 0.3) is 0 Å². The van der Waals surface area contributed by atoms with Crippen LogP contribution >= 0.6 is 0 Å². The average Bonchev–Trinajstić information content (AvgIpc) is 3.05. The average molecular weight is 708 g/mol. The molecule has 0 radical (unpaired) electrons. The molecule has 1 aliphatic rings. The van der Waals surface area contributed by atoms with Gasteiger partial charge in [0.15, 0.2) is 6.29 Å². The fourth-order valence-corrected chi connectivity index (χ4v) is 5.71. The Morgan fingerprint density at radius 2 is 1.42 bits per heavy atom. The lowest BCUT2D eigenvalue weighted by atomic mass is 9.99. The molecule has 0 bridgehead atoms. The van der Waals surface area contributed by atoms with Gasteiger partial charge in [-0.05, 0) is 38.5 Å². The van der Waals surface area contributed by atoms with Gasteiger partial charge in [-0.2, -0.15) is 8.42 Å². The standard InChI is InChI=1S/C34H61NO12S/c1-3-5-7-9-11-13-15-16-18-20-22-27(37)26(35-33(41)28(38)23-21-19-17-14-12-10-8-6-4-2)25-45-34-31(40)32(47-48(42,43)44)30(39)29(24-36)46-34/h5,7,13,15,20,22,26-32,34,36-40H,3-4,6,8-12,14,16-19,21,23-25H2,1-2H3,(H,35,41)(H,42,43,44)/b7-5+,15-13+,22-20+. The second-order valence-corrected chi connectivity index (χ2v) is 13.2. The third-order valence-corrected chi connectivity index (χ3v) is 8.49. The smallest absolute Gasteiger partial charge is 0.394 e. The van der Waals surface area contributed by atoms with Crippen LogP contribution in [0.15, 0.2) is 36.5 Å². The van der Waals surface area contributed by atoms with E-state index in [0.29, 0.717) is 12.8 Å². The van der Waals surface area contributed by atoms with Gasteiger partial charge in [-0.3, -0.25) is 9.35 Å². The minimum Gasteiger partial charge on any atom is -0.394 e. The molecule has 1 aliphatic heterocycles. The molecule has 280 valence electrons. The fraction of sp³-hybridized carbons (Fsp3) is 0.794. The first kappa shape index (κ1) is 44.3. The molecule has 0 aliphatic carbocycles. The number of rotatable bonds is 27. The molecule has 1 amide bonds. The number of amides is 1. The zero-order valence-electron chi connectivity index (χ0n) is 28.6. The van der Waals surface area contributed by atoms with Gasteiger partial charge < -0.3 is 40.3 Å². The summed E-state index contributed by atoms with van der Waals surface area (Å²) in [7, 11) is -5.11. The Balaban J connectivity index is 2.82. The summed E-state index contributed by atoms with van der Waals surface area (Å²) >= 11 is 0. The first-order valence-electron chi connectivity index (χ1n) is 17.5. The quantitative estimate of drug-likeness (QED) is 0.0372. The second kappa shape index (κ2) is 26.1. The predicted octanol–water partition coefficient (Wildman–Crippen LogP) is 3.40. The monoisotopic (exact) mass is 707 g/mol. The molecule has 8 atom stereocenters. The molecule has 0 aromatic rings. The van der Waals surface area contributed by atoms with Crippen LogP contribution in [0.25, 0.3) is 0 Å². The van der Waals surface area contributed by atoms with E-state index in [2.05, 4.69) is 41.6 Å². The number of hydrogen-bond acceptors (Lipinski definition) is 11. The van der Waals surface area contributed by atoms with E-state index in [9.17, 15) is 38.7 Å². The number of hydrogen-bond donors (Lipinski definition) is 7. The Morgan fingerprint density at radius 1 is 0.854 bits per heavy atom. The Labute approximate surface area is 287 Å². The van der Waals surface area contributed by atoms with Crippen LogP contribution < -0.4 is 5.32 Å². The molecule has 1 fully saturated rings. The molecule has 1 heterocycles. The molecule has 14 heteroatoms. The number of aliphatic hydroxyl groups excluding tert-OH is 5. The Morgan fingerprint density at radius 3 is 1.98 bits per heavy atom. The lowest BCUT2D eigenvalue weighted by Crippen LogP contribution is -2.61. The maximum atomic E-state index is 12.9. The van der Waals surface area contributed by atoms with Crippen molar-refractivity contribution >= 4 is 16.3 Å². The van der Waals surface area contributed by atoms with Crippen molar-refractivity contribution in [1.29, 1.82) is 0 Å².